The molecule has 176 valence electrons. The van der Waals surface area contributed by atoms with Gasteiger partial charge in [0, 0.05) is 44.1 Å². The molecule has 1 aromatic heterocycles. The zero-order valence-corrected chi connectivity index (χ0v) is 19.9. The molecular formula is C22H33N5O4S. The Bertz CT molecular complexity index is 986. The number of rotatable bonds is 12. The molecule has 10 heteroatoms. The van der Waals surface area contributed by atoms with E-state index in [0.717, 1.165) is 13.0 Å². The summed E-state index contributed by atoms with van der Waals surface area (Å²) in [6.45, 7) is 9.09. The van der Waals surface area contributed by atoms with Crippen LogP contribution in [0, 0.1) is 5.92 Å². The zero-order valence-electron chi connectivity index (χ0n) is 19.1. The summed E-state index contributed by atoms with van der Waals surface area (Å²) in [5, 5.41) is 5.61. The van der Waals surface area contributed by atoms with Gasteiger partial charge < -0.3 is 15.2 Å². The van der Waals surface area contributed by atoms with Crippen molar-refractivity contribution in [3.05, 3.63) is 48.5 Å². The molecule has 0 saturated heterocycles. The first-order valence-electron chi connectivity index (χ1n) is 10.8. The van der Waals surface area contributed by atoms with Crippen LogP contribution in [0.4, 0.5) is 0 Å². The molecule has 0 radical (unpaired) electrons. The fraction of sp³-hybridized carbons (Fsp3) is 0.500. The lowest BCUT2D eigenvalue weighted by molar-refractivity contribution is -0.123. The predicted octanol–water partition coefficient (Wildman–Crippen LogP) is 1.87. The summed E-state index contributed by atoms with van der Waals surface area (Å²) >= 11 is 0. The smallest absolute Gasteiger partial charge is 0.251 e. The van der Waals surface area contributed by atoms with E-state index in [1.54, 1.807) is 26.4 Å². The number of amides is 2. The molecule has 2 N–H and O–H groups in total. The van der Waals surface area contributed by atoms with E-state index in [4.69, 9.17) is 0 Å². The van der Waals surface area contributed by atoms with Crippen molar-refractivity contribution in [1.82, 2.24) is 24.5 Å². The number of benzene rings is 1. The number of aryl methyl sites for hydroxylation is 1. The minimum absolute atomic E-state index is 0.0545. The third-order valence-electron chi connectivity index (χ3n) is 5.13. The Kier molecular flexibility index (Phi) is 9.40. The quantitative estimate of drug-likeness (QED) is 0.467. The first-order chi connectivity index (χ1) is 15.2. The zero-order chi connectivity index (χ0) is 23.7. The van der Waals surface area contributed by atoms with E-state index in [-0.39, 0.29) is 22.3 Å². The molecule has 0 aliphatic carbocycles. The van der Waals surface area contributed by atoms with Crippen molar-refractivity contribution in [2.24, 2.45) is 5.92 Å². The summed E-state index contributed by atoms with van der Waals surface area (Å²) in [5.41, 5.74) is 0.191. The first kappa shape index (κ1) is 25.5. The second kappa shape index (κ2) is 11.8. The lowest BCUT2D eigenvalue weighted by atomic mass is 10.0. The van der Waals surface area contributed by atoms with Gasteiger partial charge in [-0.3, -0.25) is 9.59 Å². The van der Waals surface area contributed by atoms with Crippen molar-refractivity contribution in [3.63, 3.8) is 0 Å². The van der Waals surface area contributed by atoms with Crippen LogP contribution in [0.3, 0.4) is 0 Å². The maximum atomic E-state index is 12.8. The molecule has 1 heterocycles. The monoisotopic (exact) mass is 463 g/mol. The highest BCUT2D eigenvalue weighted by atomic mass is 32.2. The average molecular weight is 464 g/mol. The number of aromatic nitrogens is 2. The molecule has 9 nitrogen and oxygen atoms in total. The Morgan fingerprint density at radius 2 is 1.91 bits per heavy atom. The van der Waals surface area contributed by atoms with Crippen LogP contribution in [0.15, 0.2) is 47.9 Å². The van der Waals surface area contributed by atoms with Gasteiger partial charge in [0.25, 0.3) is 5.91 Å². The summed E-state index contributed by atoms with van der Waals surface area (Å²) in [5.74, 6) is -0.907. The molecule has 0 fully saturated rings. The Labute approximate surface area is 190 Å². The van der Waals surface area contributed by atoms with E-state index in [1.807, 2.05) is 24.6 Å². The van der Waals surface area contributed by atoms with Gasteiger partial charge in [0.15, 0.2) is 0 Å². The van der Waals surface area contributed by atoms with E-state index in [1.165, 1.54) is 28.6 Å². The maximum absolute atomic E-state index is 12.8. The second-order valence-electron chi connectivity index (χ2n) is 7.76. The molecule has 1 aromatic carbocycles. The third-order valence-corrected chi connectivity index (χ3v) is 7.17. The highest BCUT2D eigenvalue weighted by molar-refractivity contribution is 7.89. The number of carbonyl (C=O) groups excluding carboxylic acids is 2. The molecule has 32 heavy (non-hydrogen) atoms. The molecule has 2 aromatic rings. The minimum atomic E-state index is -3.68. The number of imidazole rings is 1. The van der Waals surface area contributed by atoms with Crippen LogP contribution in [0.2, 0.25) is 0 Å². The van der Waals surface area contributed by atoms with E-state index in [2.05, 4.69) is 15.6 Å². The molecule has 0 aliphatic heterocycles. The van der Waals surface area contributed by atoms with Gasteiger partial charge in [0.1, 0.15) is 6.04 Å². The molecule has 1 unspecified atom stereocenters. The third kappa shape index (κ3) is 6.64. The van der Waals surface area contributed by atoms with Gasteiger partial charge >= 0.3 is 0 Å². The topological polar surface area (TPSA) is 113 Å². The van der Waals surface area contributed by atoms with Gasteiger partial charge in [-0.15, -0.1) is 0 Å². The van der Waals surface area contributed by atoms with E-state index in [9.17, 15) is 18.0 Å². The summed E-state index contributed by atoms with van der Waals surface area (Å²) < 4.78 is 28.8. The van der Waals surface area contributed by atoms with Gasteiger partial charge in [-0.05, 0) is 30.5 Å². The fourth-order valence-corrected chi connectivity index (χ4v) is 4.78. The summed E-state index contributed by atoms with van der Waals surface area (Å²) in [6, 6.07) is 5.16. The van der Waals surface area contributed by atoms with Crippen molar-refractivity contribution in [2.45, 2.75) is 51.6 Å². The lowest BCUT2D eigenvalue weighted by Gasteiger charge is -2.22. The van der Waals surface area contributed by atoms with Gasteiger partial charge in [0.2, 0.25) is 15.9 Å². The SMILES string of the molecule is CCN(CC)S(=O)(=O)c1cccc(C(=O)NC(C(=O)NCCCn2ccnc2)C(C)C)c1. The van der Waals surface area contributed by atoms with Crippen LogP contribution in [-0.2, 0) is 21.4 Å². The van der Waals surface area contributed by atoms with Crippen LogP contribution in [0.25, 0.3) is 0 Å². The molecule has 0 saturated carbocycles. The molecule has 0 spiro atoms. The fourth-order valence-electron chi connectivity index (χ4n) is 3.27. The summed E-state index contributed by atoms with van der Waals surface area (Å²) in [6.07, 6.45) is 6.00. The van der Waals surface area contributed by atoms with E-state index in [0.29, 0.717) is 19.6 Å². The predicted molar refractivity (Wildman–Crippen MR) is 122 cm³/mol. The van der Waals surface area contributed by atoms with Crippen LogP contribution in [0.1, 0.15) is 44.5 Å². The van der Waals surface area contributed by atoms with E-state index >= 15 is 0 Å². The molecule has 0 aliphatic rings. The number of carbonyl (C=O) groups is 2. The standard InChI is InChI=1S/C22H33N5O4S/c1-5-27(6-2)32(30,31)19-10-7-9-18(15-19)21(28)25-20(17(3)4)22(29)24-11-8-13-26-14-12-23-16-26/h7,9-10,12,14-17,20H,5-6,8,11,13H2,1-4H3,(H,24,29)(H,25,28). The Hall–Kier alpha value is -2.72. The van der Waals surface area contributed by atoms with Gasteiger partial charge in [-0.25, -0.2) is 13.4 Å². The Morgan fingerprint density at radius 1 is 1.19 bits per heavy atom. The van der Waals surface area contributed by atoms with Crippen molar-refractivity contribution >= 4 is 21.8 Å². The van der Waals surface area contributed by atoms with Crippen LogP contribution >= 0.6 is 0 Å². The molecule has 2 rings (SSSR count). The first-order valence-corrected chi connectivity index (χ1v) is 12.3. The maximum Gasteiger partial charge on any atom is 0.251 e. The minimum Gasteiger partial charge on any atom is -0.354 e. The van der Waals surface area contributed by atoms with Crippen molar-refractivity contribution in [2.75, 3.05) is 19.6 Å². The van der Waals surface area contributed by atoms with Crippen LogP contribution in [-0.4, -0.2) is 59.8 Å². The lowest BCUT2D eigenvalue weighted by Crippen LogP contribution is -2.50. The van der Waals surface area contributed by atoms with Gasteiger partial charge in [0.05, 0.1) is 11.2 Å². The Balaban J connectivity index is 2.03. The van der Waals surface area contributed by atoms with Crippen molar-refractivity contribution < 1.29 is 18.0 Å². The number of hydrogen-bond acceptors (Lipinski definition) is 5. The van der Waals surface area contributed by atoms with Crippen LogP contribution in [0.5, 0.6) is 0 Å². The molecule has 2 amide bonds. The van der Waals surface area contributed by atoms with Crippen molar-refractivity contribution in [3.8, 4) is 0 Å². The van der Waals surface area contributed by atoms with E-state index < -0.39 is 22.0 Å². The molecule has 0 bridgehead atoms. The van der Waals surface area contributed by atoms with Crippen molar-refractivity contribution in [1.29, 1.82) is 0 Å². The highest BCUT2D eigenvalue weighted by Crippen LogP contribution is 2.17. The molecule has 1 atom stereocenters. The van der Waals surface area contributed by atoms with Gasteiger partial charge in [-0.1, -0.05) is 33.8 Å². The Morgan fingerprint density at radius 3 is 2.50 bits per heavy atom. The number of nitrogens with one attached hydrogen (secondary N) is 2. The number of sulfonamides is 1. The summed E-state index contributed by atoms with van der Waals surface area (Å²) in [7, 11) is -3.68. The average Bonchev–Trinajstić information content (AvgIpc) is 3.29. The van der Waals surface area contributed by atoms with Crippen LogP contribution < -0.4 is 10.6 Å². The molecular weight excluding hydrogens is 430 g/mol. The number of nitrogens with zero attached hydrogens (tertiary/aromatic N) is 3. The normalized spacial score (nSPS) is 12.7. The van der Waals surface area contributed by atoms with Gasteiger partial charge in [-0.2, -0.15) is 4.31 Å². The summed E-state index contributed by atoms with van der Waals surface area (Å²) in [4.78, 5) is 29.5. The second-order valence-corrected chi connectivity index (χ2v) is 9.70. The largest absolute Gasteiger partial charge is 0.354 e. The highest BCUT2D eigenvalue weighted by Gasteiger charge is 2.26. The number of hydrogen-bond donors (Lipinski definition) is 2.